The highest BCUT2D eigenvalue weighted by Crippen LogP contribution is 2.27. The average molecular weight is 356 g/mol. The zero-order chi connectivity index (χ0) is 17.8. The maximum Gasteiger partial charge on any atom is 0.271 e. The molecule has 0 fully saturated rings. The molecule has 7 nitrogen and oxygen atoms in total. The molecule has 0 atom stereocenters. The highest BCUT2D eigenvalue weighted by Gasteiger charge is 2.08. The number of methoxy groups -OCH3 is 2. The van der Waals surface area contributed by atoms with Crippen molar-refractivity contribution in [1.29, 1.82) is 0 Å². The van der Waals surface area contributed by atoms with Crippen molar-refractivity contribution in [3.05, 3.63) is 47.5 Å². The number of rotatable bonds is 5. The minimum Gasteiger partial charge on any atom is -0.493 e. The molecule has 0 radical (unpaired) electrons. The van der Waals surface area contributed by atoms with E-state index < -0.39 is 0 Å². The van der Waals surface area contributed by atoms with Crippen molar-refractivity contribution in [2.24, 2.45) is 5.10 Å². The van der Waals surface area contributed by atoms with Crippen LogP contribution in [0, 0.1) is 0 Å². The summed E-state index contributed by atoms with van der Waals surface area (Å²) < 4.78 is 11.3. The highest BCUT2D eigenvalue weighted by molar-refractivity contribution is 7.22. The van der Waals surface area contributed by atoms with Gasteiger partial charge in [0.15, 0.2) is 16.6 Å². The van der Waals surface area contributed by atoms with E-state index in [4.69, 9.17) is 15.2 Å². The van der Waals surface area contributed by atoms with E-state index in [0.29, 0.717) is 22.2 Å². The maximum atomic E-state index is 12.2. The average Bonchev–Trinajstić information content (AvgIpc) is 3.00. The number of hydrazone groups is 1. The summed E-state index contributed by atoms with van der Waals surface area (Å²) in [5.74, 6) is 0.900. The molecule has 1 aromatic heterocycles. The first-order chi connectivity index (χ1) is 12.1. The van der Waals surface area contributed by atoms with Gasteiger partial charge in [0.05, 0.1) is 30.7 Å². The molecule has 0 saturated heterocycles. The topological polar surface area (TPSA) is 98.8 Å². The van der Waals surface area contributed by atoms with Gasteiger partial charge in [-0.1, -0.05) is 11.3 Å². The smallest absolute Gasteiger partial charge is 0.271 e. The van der Waals surface area contributed by atoms with E-state index in [-0.39, 0.29) is 5.91 Å². The van der Waals surface area contributed by atoms with E-state index in [1.165, 1.54) is 17.6 Å². The number of ether oxygens (including phenoxy) is 2. The summed E-state index contributed by atoms with van der Waals surface area (Å²) in [6, 6.07) is 10.5. The van der Waals surface area contributed by atoms with Crippen LogP contribution in [0.2, 0.25) is 0 Å². The predicted octanol–water partition coefficient (Wildman–Crippen LogP) is 2.66. The van der Waals surface area contributed by atoms with Gasteiger partial charge < -0.3 is 15.2 Å². The Morgan fingerprint density at radius 1 is 1.20 bits per heavy atom. The van der Waals surface area contributed by atoms with Gasteiger partial charge in [-0.2, -0.15) is 5.10 Å². The third-order valence-corrected chi connectivity index (χ3v) is 4.30. The number of thiazole rings is 1. The molecule has 3 rings (SSSR count). The highest BCUT2D eigenvalue weighted by atomic mass is 32.1. The van der Waals surface area contributed by atoms with Gasteiger partial charge in [-0.25, -0.2) is 10.4 Å². The number of nitrogens with one attached hydrogen (secondary N) is 1. The third kappa shape index (κ3) is 3.69. The number of nitrogens with zero attached hydrogens (tertiary/aromatic N) is 2. The Labute approximate surface area is 148 Å². The van der Waals surface area contributed by atoms with Gasteiger partial charge >= 0.3 is 0 Å². The van der Waals surface area contributed by atoms with E-state index >= 15 is 0 Å². The number of anilines is 1. The number of aromatic nitrogens is 1. The number of benzene rings is 2. The Morgan fingerprint density at radius 3 is 2.76 bits per heavy atom. The van der Waals surface area contributed by atoms with Gasteiger partial charge in [0.1, 0.15) is 0 Å². The summed E-state index contributed by atoms with van der Waals surface area (Å²) in [5, 5.41) is 4.45. The Balaban J connectivity index is 1.71. The number of amides is 1. The number of carbonyl (C=O) groups is 1. The summed E-state index contributed by atoms with van der Waals surface area (Å²) in [7, 11) is 3.13. The van der Waals surface area contributed by atoms with Crippen LogP contribution in [0.5, 0.6) is 11.5 Å². The van der Waals surface area contributed by atoms with Crippen LogP contribution < -0.4 is 20.6 Å². The van der Waals surface area contributed by atoms with Crippen molar-refractivity contribution in [3.63, 3.8) is 0 Å². The van der Waals surface area contributed by atoms with Crippen LogP contribution in [0.15, 0.2) is 41.5 Å². The Kier molecular flexibility index (Phi) is 4.80. The third-order valence-electron chi connectivity index (χ3n) is 3.45. The second-order valence-electron chi connectivity index (χ2n) is 5.05. The molecule has 0 saturated carbocycles. The molecule has 128 valence electrons. The van der Waals surface area contributed by atoms with E-state index in [9.17, 15) is 4.79 Å². The predicted molar refractivity (Wildman–Crippen MR) is 98.6 cm³/mol. The summed E-state index contributed by atoms with van der Waals surface area (Å²) in [6.07, 6.45) is 1.53. The molecular formula is C17H16N4O3S. The molecule has 0 unspecified atom stereocenters. The standard InChI is InChI=1S/C17H16N4O3S/c1-23-13-6-3-10(7-14(13)24-2)9-19-21-16(22)11-4-5-12-15(8-11)25-17(18)20-12/h3-9H,1-2H3,(H2,18,20)(H,21,22)/b19-9-. The molecule has 0 aliphatic heterocycles. The Morgan fingerprint density at radius 2 is 2.00 bits per heavy atom. The van der Waals surface area contributed by atoms with Gasteiger partial charge in [-0.05, 0) is 42.0 Å². The largest absolute Gasteiger partial charge is 0.493 e. The molecule has 0 aliphatic carbocycles. The number of nitrogens with two attached hydrogens (primary N) is 1. The summed E-state index contributed by atoms with van der Waals surface area (Å²) >= 11 is 1.33. The molecular weight excluding hydrogens is 340 g/mol. The normalized spacial score (nSPS) is 11.0. The zero-order valence-electron chi connectivity index (χ0n) is 13.6. The SMILES string of the molecule is COc1ccc(/C=N\NC(=O)c2ccc3nc(N)sc3c2)cc1OC. The second kappa shape index (κ2) is 7.18. The number of hydrogen-bond donors (Lipinski definition) is 2. The molecule has 0 aliphatic rings. The number of hydrogen-bond acceptors (Lipinski definition) is 7. The van der Waals surface area contributed by atoms with Gasteiger partial charge in [-0.15, -0.1) is 0 Å². The second-order valence-corrected chi connectivity index (χ2v) is 6.11. The molecule has 8 heteroatoms. The van der Waals surface area contributed by atoms with Crippen LogP contribution in [-0.4, -0.2) is 31.3 Å². The Hall–Kier alpha value is -3.13. The van der Waals surface area contributed by atoms with Crippen LogP contribution in [-0.2, 0) is 0 Å². The molecule has 3 N–H and O–H groups in total. The van der Waals surface area contributed by atoms with Crippen LogP contribution in [0.3, 0.4) is 0 Å². The van der Waals surface area contributed by atoms with Crippen molar-refractivity contribution in [2.45, 2.75) is 0 Å². The fourth-order valence-electron chi connectivity index (χ4n) is 2.25. The molecule has 0 bridgehead atoms. The summed E-state index contributed by atoms with van der Waals surface area (Å²) in [5.41, 5.74) is 10.2. The van der Waals surface area contributed by atoms with Crippen LogP contribution in [0.4, 0.5) is 5.13 Å². The van der Waals surface area contributed by atoms with Crippen LogP contribution in [0.25, 0.3) is 10.2 Å². The van der Waals surface area contributed by atoms with Crippen molar-refractivity contribution < 1.29 is 14.3 Å². The minimum absolute atomic E-state index is 0.314. The van der Waals surface area contributed by atoms with E-state index in [2.05, 4.69) is 15.5 Å². The lowest BCUT2D eigenvalue weighted by molar-refractivity contribution is 0.0955. The molecule has 0 spiro atoms. The zero-order valence-corrected chi connectivity index (χ0v) is 14.5. The lowest BCUT2D eigenvalue weighted by Crippen LogP contribution is -2.17. The number of carbonyl (C=O) groups excluding carboxylic acids is 1. The van der Waals surface area contributed by atoms with Crippen molar-refractivity contribution in [2.75, 3.05) is 20.0 Å². The monoisotopic (exact) mass is 356 g/mol. The lowest BCUT2D eigenvalue weighted by atomic mass is 10.2. The van der Waals surface area contributed by atoms with Gasteiger partial charge in [0.25, 0.3) is 5.91 Å². The first-order valence-electron chi connectivity index (χ1n) is 7.32. The number of fused-ring (bicyclic) bond motifs is 1. The fourth-order valence-corrected chi connectivity index (χ4v) is 3.02. The lowest BCUT2D eigenvalue weighted by Gasteiger charge is -2.07. The summed E-state index contributed by atoms with van der Waals surface area (Å²) in [6.45, 7) is 0. The molecule has 1 heterocycles. The van der Waals surface area contributed by atoms with Crippen LogP contribution in [0.1, 0.15) is 15.9 Å². The molecule has 2 aromatic carbocycles. The van der Waals surface area contributed by atoms with Crippen molar-refractivity contribution >= 4 is 38.8 Å². The number of nitrogen functional groups attached to an aromatic ring is 1. The van der Waals surface area contributed by atoms with Gasteiger partial charge in [0, 0.05) is 5.56 Å². The first kappa shape index (κ1) is 16.7. The van der Waals surface area contributed by atoms with Gasteiger partial charge in [-0.3, -0.25) is 4.79 Å². The minimum atomic E-state index is -0.314. The van der Waals surface area contributed by atoms with Crippen molar-refractivity contribution in [1.82, 2.24) is 10.4 Å². The molecule has 25 heavy (non-hydrogen) atoms. The maximum absolute atomic E-state index is 12.2. The van der Waals surface area contributed by atoms with E-state index in [1.807, 2.05) is 6.07 Å². The first-order valence-corrected chi connectivity index (χ1v) is 8.14. The molecule has 1 amide bonds. The van der Waals surface area contributed by atoms with E-state index in [1.54, 1.807) is 44.6 Å². The molecule has 3 aromatic rings. The summed E-state index contributed by atoms with van der Waals surface area (Å²) in [4.78, 5) is 16.4. The van der Waals surface area contributed by atoms with Crippen LogP contribution >= 0.6 is 11.3 Å². The fraction of sp³-hybridized carbons (Fsp3) is 0.118. The van der Waals surface area contributed by atoms with Crippen molar-refractivity contribution in [3.8, 4) is 11.5 Å². The van der Waals surface area contributed by atoms with E-state index in [0.717, 1.165) is 15.8 Å². The van der Waals surface area contributed by atoms with Gasteiger partial charge in [0.2, 0.25) is 0 Å². The quantitative estimate of drug-likeness (QED) is 0.541. The Bertz CT molecular complexity index is 952.